The molecule has 0 aliphatic rings. The van der Waals surface area contributed by atoms with E-state index in [0.29, 0.717) is 6.29 Å². The predicted octanol–water partition coefficient (Wildman–Crippen LogP) is 2.98. The van der Waals surface area contributed by atoms with E-state index in [1.165, 1.54) is 0 Å². The average molecular weight is 249 g/mol. The quantitative estimate of drug-likeness (QED) is 0.581. The van der Waals surface area contributed by atoms with Gasteiger partial charge in [0.1, 0.15) is 11.6 Å². The summed E-state index contributed by atoms with van der Waals surface area (Å²) in [5.41, 5.74) is -0.254. The van der Waals surface area contributed by atoms with Gasteiger partial charge in [0.25, 0.3) is 0 Å². The van der Waals surface area contributed by atoms with Crippen LogP contribution in [0, 0.1) is 11.6 Å². The van der Waals surface area contributed by atoms with E-state index in [4.69, 9.17) is 11.6 Å². The zero-order chi connectivity index (χ0) is 11.8. The van der Waals surface area contributed by atoms with Gasteiger partial charge in [0.15, 0.2) is 6.29 Å². The van der Waals surface area contributed by atoms with Gasteiger partial charge in [0.2, 0.25) is 0 Å². The highest BCUT2D eigenvalue weighted by Crippen LogP contribution is 2.20. The Kier molecular flexibility index (Phi) is 3.30. The molecule has 0 atom stereocenters. The van der Waals surface area contributed by atoms with Crippen molar-refractivity contribution in [3.8, 4) is 0 Å². The third kappa shape index (κ3) is 2.26. The maximum absolute atomic E-state index is 13.8. The number of halogens is 3. The van der Waals surface area contributed by atoms with Gasteiger partial charge in [0, 0.05) is 5.19 Å². The molecule has 1 aromatic rings. The summed E-state index contributed by atoms with van der Waals surface area (Å²) in [4.78, 5) is 10.6. The molecule has 0 heterocycles. The summed E-state index contributed by atoms with van der Waals surface area (Å²) in [6.45, 7) is 5.41. The Hall–Kier alpha value is -0.743. The number of hydrogen-bond donors (Lipinski definition) is 0. The summed E-state index contributed by atoms with van der Waals surface area (Å²) in [6.07, 6.45) is 0.320. The van der Waals surface area contributed by atoms with E-state index >= 15 is 0 Å². The monoisotopic (exact) mass is 248 g/mol. The smallest absolute Gasteiger partial charge is 0.154 e. The number of aldehydes is 1. The van der Waals surface area contributed by atoms with Gasteiger partial charge in [-0.2, -0.15) is 0 Å². The van der Waals surface area contributed by atoms with Gasteiger partial charge in [-0.1, -0.05) is 31.2 Å². The first-order chi connectivity index (χ1) is 6.79. The fourth-order valence-electron chi connectivity index (χ4n) is 1.40. The van der Waals surface area contributed by atoms with E-state index in [1.54, 1.807) is 19.6 Å². The van der Waals surface area contributed by atoms with Crippen molar-refractivity contribution in [2.75, 3.05) is 0 Å². The average Bonchev–Trinajstić information content (AvgIpc) is 2.00. The zero-order valence-corrected chi connectivity index (χ0v) is 10.5. The second kappa shape index (κ2) is 4.02. The van der Waals surface area contributed by atoms with E-state index in [9.17, 15) is 13.6 Å². The molecule has 0 saturated heterocycles. The van der Waals surface area contributed by atoms with Crippen LogP contribution in [0.25, 0.3) is 0 Å². The molecule has 0 radical (unpaired) electrons. The van der Waals surface area contributed by atoms with Crippen molar-refractivity contribution in [1.82, 2.24) is 0 Å². The SMILES string of the molecule is C[Si](C)(C)c1c(F)cc(Cl)c(C=O)c1F. The minimum atomic E-state index is -2.16. The molecular formula is C10H11ClF2OSi. The van der Waals surface area contributed by atoms with Crippen LogP contribution < -0.4 is 5.19 Å². The molecule has 0 bridgehead atoms. The Morgan fingerprint density at radius 2 is 1.87 bits per heavy atom. The largest absolute Gasteiger partial charge is 0.298 e. The number of rotatable bonds is 2. The molecular weight excluding hydrogens is 238 g/mol. The van der Waals surface area contributed by atoms with Crippen LogP contribution in [-0.4, -0.2) is 14.4 Å². The topological polar surface area (TPSA) is 17.1 Å². The van der Waals surface area contributed by atoms with Gasteiger partial charge < -0.3 is 0 Å². The highest BCUT2D eigenvalue weighted by Gasteiger charge is 2.28. The third-order valence-corrected chi connectivity index (χ3v) is 4.34. The van der Waals surface area contributed by atoms with Crippen molar-refractivity contribution in [1.29, 1.82) is 0 Å². The molecule has 1 aromatic carbocycles. The molecule has 0 spiro atoms. The molecule has 0 aromatic heterocycles. The van der Waals surface area contributed by atoms with Crippen molar-refractivity contribution >= 4 is 31.1 Å². The van der Waals surface area contributed by atoms with E-state index in [1.807, 2.05) is 0 Å². The Balaban J connectivity index is 3.60. The van der Waals surface area contributed by atoms with Crippen molar-refractivity contribution < 1.29 is 13.6 Å². The van der Waals surface area contributed by atoms with E-state index in [2.05, 4.69) is 0 Å². The summed E-state index contributed by atoms with van der Waals surface area (Å²) in [6, 6.07) is 1.00. The van der Waals surface area contributed by atoms with Crippen LogP contribution in [0.3, 0.4) is 0 Å². The number of carbonyl (C=O) groups excluding carboxylic acids is 1. The molecule has 0 aliphatic heterocycles. The predicted molar refractivity (Wildman–Crippen MR) is 59.7 cm³/mol. The second-order valence-electron chi connectivity index (χ2n) is 4.31. The Bertz CT molecular complexity index is 413. The van der Waals surface area contributed by atoms with Crippen molar-refractivity contribution in [2.24, 2.45) is 0 Å². The Morgan fingerprint density at radius 3 is 2.27 bits per heavy atom. The third-order valence-electron chi connectivity index (χ3n) is 2.07. The molecule has 0 saturated carbocycles. The van der Waals surface area contributed by atoms with Gasteiger partial charge in [-0.3, -0.25) is 4.79 Å². The maximum atomic E-state index is 13.8. The van der Waals surface area contributed by atoms with Crippen molar-refractivity contribution in [3.63, 3.8) is 0 Å². The Morgan fingerprint density at radius 1 is 1.33 bits per heavy atom. The van der Waals surface area contributed by atoms with Gasteiger partial charge in [-0.25, -0.2) is 8.78 Å². The fourth-order valence-corrected chi connectivity index (χ4v) is 3.21. The van der Waals surface area contributed by atoms with Gasteiger partial charge in [-0.05, 0) is 6.07 Å². The van der Waals surface area contributed by atoms with Crippen LogP contribution in [0.4, 0.5) is 8.78 Å². The van der Waals surface area contributed by atoms with Crippen LogP contribution in [0.1, 0.15) is 10.4 Å². The van der Waals surface area contributed by atoms with Crippen molar-refractivity contribution in [2.45, 2.75) is 19.6 Å². The molecule has 82 valence electrons. The van der Waals surface area contributed by atoms with Gasteiger partial charge in [-0.15, -0.1) is 0 Å². The molecule has 5 heteroatoms. The fraction of sp³-hybridized carbons (Fsp3) is 0.300. The lowest BCUT2D eigenvalue weighted by atomic mass is 10.2. The summed E-state index contributed by atoms with van der Waals surface area (Å²) in [5, 5.41) is -0.156. The molecule has 0 unspecified atom stereocenters. The van der Waals surface area contributed by atoms with Gasteiger partial charge in [0.05, 0.1) is 18.7 Å². The normalized spacial score (nSPS) is 11.6. The second-order valence-corrected chi connectivity index (χ2v) is 9.72. The van der Waals surface area contributed by atoms with Crippen LogP contribution >= 0.6 is 11.6 Å². The summed E-state index contributed by atoms with van der Waals surface area (Å²) in [5.74, 6) is -1.48. The number of hydrogen-bond acceptors (Lipinski definition) is 1. The summed E-state index contributed by atoms with van der Waals surface area (Å²) in [7, 11) is -2.16. The molecule has 0 amide bonds. The molecule has 0 N–H and O–H groups in total. The van der Waals surface area contributed by atoms with E-state index in [0.717, 1.165) is 6.07 Å². The lowest BCUT2D eigenvalue weighted by molar-refractivity contribution is 0.112. The van der Waals surface area contributed by atoms with E-state index in [-0.39, 0.29) is 15.8 Å². The standard InChI is InChI=1S/C10H11ClF2OSi/c1-15(2,3)10-8(12)4-7(11)6(5-14)9(10)13/h4-5H,1-3H3. The van der Waals surface area contributed by atoms with Crippen LogP contribution in [0.5, 0.6) is 0 Å². The maximum Gasteiger partial charge on any atom is 0.154 e. The zero-order valence-electron chi connectivity index (χ0n) is 8.70. The number of carbonyl (C=O) groups is 1. The molecule has 1 rings (SSSR count). The van der Waals surface area contributed by atoms with Gasteiger partial charge >= 0.3 is 0 Å². The minimum absolute atomic E-state index is 0.0222. The van der Waals surface area contributed by atoms with E-state index < -0.39 is 19.7 Å². The van der Waals surface area contributed by atoms with Crippen LogP contribution in [-0.2, 0) is 0 Å². The number of benzene rings is 1. The molecule has 1 nitrogen and oxygen atoms in total. The summed E-state index contributed by atoms with van der Waals surface area (Å²) < 4.78 is 27.3. The van der Waals surface area contributed by atoms with Crippen molar-refractivity contribution in [3.05, 3.63) is 28.3 Å². The highest BCUT2D eigenvalue weighted by atomic mass is 35.5. The molecule has 0 aliphatic carbocycles. The van der Waals surface area contributed by atoms with Crippen LogP contribution in [0.2, 0.25) is 24.7 Å². The first kappa shape index (κ1) is 12.3. The minimum Gasteiger partial charge on any atom is -0.298 e. The molecule has 0 fully saturated rings. The lowest BCUT2D eigenvalue weighted by Crippen LogP contribution is -2.43. The first-order valence-corrected chi connectivity index (χ1v) is 8.30. The van der Waals surface area contributed by atoms with Crippen LogP contribution in [0.15, 0.2) is 6.07 Å². The molecule has 15 heavy (non-hydrogen) atoms. The first-order valence-electron chi connectivity index (χ1n) is 4.42. The Labute approximate surface area is 93.1 Å². The highest BCUT2D eigenvalue weighted by molar-refractivity contribution is 6.88. The summed E-state index contributed by atoms with van der Waals surface area (Å²) >= 11 is 5.56. The lowest BCUT2D eigenvalue weighted by Gasteiger charge is -2.19.